The second-order valence-corrected chi connectivity index (χ2v) is 4.97. The van der Waals surface area contributed by atoms with E-state index in [1.807, 2.05) is 19.3 Å². The molecule has 0 saturated carbocycles. The smallest absolute Gasteiger partial charge is 0.225 e. The minimum absolute atomic E-state index is 0.790. The van der Waals surface area contributed by atoms with Crippen molar-refractivity contribution < 1.29 is 0 Å². The minimum Gasteiger partial charge on any atom is -0.340 e. The zero-order chi connectivity index (χ0) is 11.0. The maximum absolute atomic E-state index is 4.41. The van der Waals surface area contributed by atoms with Crippen molar-refractivity contribution in [2.24, 2.45) is 11.8 Å². The normalized spacial score (nSPS) is 29.2. The molecule has 3 heterocycles. The summed E-state index contributed by atoms with van der Waals surface area (Å²) in [4.78, 5) is 11.1. The van der Waals surface area contributed by atoms with Crippen LogP contribution in [0.5, 0.6) is 0 Å². The van der Waals surface area contributed by atoms with E-state index < -0.39 is 0 Å². The molecular weight excluding hydrogens is 200 g/mol. The Balaban J connectivity index is 1.74. The molecule has 0 radical (unpaired) electrons. The maximum Gasteiger partial charge on any atom is 0.225 e. The Kier molecular flexibility index (Phi) is 2.52. The first-order valence-corrected chi connectivity index (χ1v) is 6.07. The molecule has 4 nitrogen and oxygen atoms in total. The molecular formula is C12H18N4. The average Bonchev–Trinajstić information content (AvgIpc) is 2.77. The van der Waals surface area contributed by atoms with Crippen LogP contribution in [0.15, 0.2) is 12.4 Å². The van der Waals surface area contributed by atoms with E-state index in [1.54, 1.807) is 0 Å². The van der Waals surface area contributed by atoms with Gasteiger partial charge in [0.05, 0.1) is 0 Å². The highest BCUT2D eigenvalue weighted by Gasteiger charge is 2.33. The van der Waals surface area contributed by atoms with Crippen LogP contribution in [-0.2, 0) is 0 Å². The van der Waals surface area contributed by atoms with Gasteiger partial charge < -0.3 is 10.2 Å². The van der Waals surface area contributed by atoms with E-state index in [4.69, 9.17) is 0 Å². The van der Waals surface area contributed by atoms with Gasteiger partial charge >= 0.3 is 0 Å². The number of nitrogens with zero attached hydrogens (tertiary/aromatic N) is 3. The summed E-state index contributed by atoms with van der Waals surface area (Å²) in [6, 6.07) is 0. The molecule has 1 aromatic heterocycles. The Hall–Kier alpha value is -1.16. The van der Waals surface area contributed by atoms with E-state index in [1.165, 1.54) is 13.0 Å². The lowest BCUT2D eigenvalue weighted by atomic mass is 9.89. The number of aromatic nitrogens is 2. The molecule has 16 heavy (non-hydrogen) atoms. The second-order valence-electron chi connectivity index (χ2n) is 4.97. The molecule has 2 atom stereocenters. The summed E-state index contributed by atoms with van der Waals surface area (Å²) in [5, 5.41) is 3.48. The van der Waals surface area contributed by atoms with Crippen LogP contribution in [0.1, 0.15) is 12.0 Å². The summed E-state index contributed by atoms with van der Waals surface area (Å²) in [7, 11) is 0. The number of anilines is 1. The third-order valence-corrected chi connectivity index (χ3v) is 3.75. The van der Waals surface area contributed by atoms with Crippen LogP contribution in [0.3, 0.4) is 0 Å². The number of fused-ring (bicyclic) bond motifs is 1. The van der Waals surface area contributed by atoms with E-state index >= 15 is 0 Å². The number of aryl methyl sites for hydroxylation is 1. The van der Waals surface area contributed by atoms with Gasteiger partial charge in [-0.15, -0.1) is 0 Å². The lowest BCUT2D eigenvalue weighted by Crippen LogP contribution is -2.40. The number of rotatable bonds is 1. The molecule has 2 aliphatic rings. The average molecular weight is 218 g/mol. The Morgan fingerprint density at radius 1 is 1.25 bits per heavy atom. The Morgan fingerprint density at radius 3 is 2.81 bits per heavy atom. The van der Waals surface area contributed by atoms with Crippen LogP contribution in [0, 0.1) is 18.8 Å². The fourth-order valence-electron chi connectivity index (χ4n) is 2.77. The molecule has 2 fully saturated rings. The van der Waals surface area contributed by atoms with Gasteiger partial charge in [0.1, 0.15) is 0 Å². The molecule has 0 aromatic carbocycles. The van der Waals surface area contributed by atoms with E-state index in [2.05, 4.69) is 20.2 Å². The molecule has 2 saturated heterocycles. The van der Waals surface area contributed by atoms with E-state index in [0.29, 0.717) is 0 Å². The Morgan fingerprint density at radius 2 is 2.00 bits per heavy atom. The third kappa shape index (κ3) is 1.78. The lowest BCUT2D eigenvalue weighted by Gasteiger charge is -2.34. The van der Waals surface area contributed by atoms with Gasteiger partial charge in [-0.2, -0.15) is 0 Å². The largest absolute Gasteiger partial charge is 0.340 e. The summed E-state index contributed by atoms with van der Waals surface area (Å²) in [5.41, 5.74) is 1.13. The Labute approximate surface area is 96.1 Å². The maximum atomic E-state index is 4.41. The fourth-order valence-corrected chi connectivity index (χ4v) is 2.77. The summed E-state index contributed by atoms with van der Waals surface area (Å²) < 4.78 is 0. The second kappa shape index (κ2) is 4.01. The van der Waals surface area contributed by atoms with E-state index in [9.17, 15) is 0 Å². The van der Waals surface area contributed by atoms with Gasteiger partial charge in [-0.1, -0.05) is 0 Å². The molecule has 3 rings (SSSR count). The zero-order valence-corrected chi connectivity index (χ0v) is 9.69. The summed E-state index contributed by atoms with van der Waals surface area (Å²) in [5.74, 6) is 2.57. The summed E-state index contributed by atoms with van der Waals surface area (Å²) >= 11 is 0. The zero-order valence-electron chi connectivity index (χ0n) is 9.69. The molecule has 2 unspecified atom stereocenters. The summed E-state index contributed by atoms with van der Waals surface area (Å²) in [6.07, 6.45) is 5.08. The van der Waals surface area contributed by atoms with Crippen LogP contribution >= 0.6 is 0 Å². The molecule has 0 amide bonds. The third-order valence-electron chi connectivity index (χ3n) is 3.75. The van der Waals surface area contributed by atoms with Gasteiger partial charge in [0.2, 0.25) is 5.95 Å². The first-order valence-electron chi connectivity index (χ1n) is 6.07. The van der Waals surface area contributed by atoms with Gasteiger partial charge in [0, 0.05) is 25.5 Å². The lowest BCUT2D eigenvalue weighted by molar-refractivity contribution is 0.346. The van der Waals surface area contributed by atoms with Crippen molar-refractivity contribution in [3.8, 4) is 0 Å². The van der Waals surface area contributed by atoms with Gasteiger partial charge in [-0.05, 0) is 43.8 Å². The molecule has 0 aliphatic carbocycles. The number of nitrogens with one attached hydrogen (secondary N) is 1. The van der Waals surface area contributed by atoms with Crippen LogP contribution in [0.25, 0.3) is 0 Å². The molecule has 2 aliphatic heterocycles. The minimum atomic E-state index is 0.790. The highest BCUT2D eigenvalue weighted by atomic mass is 15.3. The predicted octanol–water partition coefficient (Wildman–Crippen LogP) is 0.831. The molecule has 0 spiro atoms. The van der Waals surface area contributed by atoms with Crippen molar-refractivity contribution in [3.63, 3.8) is 0 Å². The van der Waals surface area contributed by atoms with Gasteiger partial charge in [0.15, 0.2) is 0 Å². The molecule has 4 heteroatoms. The van der Waals surface area contributed by atoms with Crippen molar-refractivity contribution in [2.45, 2.75) is 13.3 Å². The Bertz CT molecular complexity index is 362. The van der Waals surface area contributed by atoms with E-state index in [-0.39, 0.29) is 0 Å². The van der Waals surface area contributed by atoms with Gasteiger partial charge in [-0.3, -0.25) is 0 Å². The van der Waals surface area contributed by atoms with Gasteiger partial charge in [-0.25, -0.2) is 9.97 Å². The van der Waals surface area contributed by atoms with Crippen molar-refractivity contribution >= 4 is 5.95 Å². The molecule has 1 aromatic rings. The monoisotopic (exact) mass is 218 g/mol. The van der Waals surface area contributed by atoms with Crippen molar-refractivity contribution in [1.82, 2.24) is 15.3 Å². The van der Waals surface area contributed by atoms with Crippen LogP contribution in [0.4, 0.5) is 5.95 Å². The standard InChI is InChI=1S/C12H18N4/c1-9-4-14-12(15-5-9)16-3-2-10-6-13-7-11(10)8-16/h4-5,10-11,13H,2-3,6-8H2,1H3. The van der Waals surface area contributed by atoms with Gasteiger partial charge in [0.25, 0.3) is 0 Å². The number of hydrogen-bond acceptors (Lipinski definition) is 4. The summed E-state index contributed by atoms with van der Waals surface area (Å²) in [6.45, 7) is 6.60. The fraction of sp³-hybridized carbons (Fsp3) is 0.667. The van der Waals surface area contributed by atoms with Crippen LogP contribution < -0.4 is 10.2 Å². The van der Waals surface area contributed by atoms with E-state index in [0.717, 1.165) is 43.0 Å². The SMILES string of the molecule is Cc1cnc(N2CCC3CNCC3C2)nc1. The first-order chi connectivity index (χ1) is 7.83. The highest BCUT2D eigenvalue weighted by molar-refractivity contribution is 5.31. The molecule has 1 N–H and O–H groups in total. The van der Waals surface area contributed by atoms with Crippen molar-refractivity contribution in [3.05, 3.63) is 18.0 Å². The number of hydrogen-bond donors (Lipinski definition) is 1. The molecule has 0 bridgehead atoms. The number of piperidine rings is 1. The molecule has 86 valence electrons. The topological polar surface area (TPSA) is 41.1 Å². The van der Waals surface area contributed by atoms with Crippen LogP contribution in [-0.4, -0.2) is 36.1 Å². The first kappa shape index (κ1) is 10.0. The predicted molar refractivity (Wildman–Crippen MR) is 63.4 cm³/mol. The van der Waals surface area contributed by atoms with Crippen molar-refractivity contribution in [1.29, 1.82) is 0 Å². The highest BCUT2D eigenvalue weighted by Crippen LogP contribution is 2.27. The quantitative estimate of drug-likeness (QED) is 0.758. The van der Waals surface area contributed by atoms with Crippen LogP contribution in [0.2, 0.25) is 0 Å². The van der Waals surface area contributed by atoms with Crippen molar-refractivity contribution in [2.75, 3.05) is 31.1 Å².